The molecule has 0 amide bonds. The Balaban J connectivity index is 1.86. The predicted molar refractivity (Wildman–Crippen MR) is 76.9 cm³/mol. The molecule has 1 heterocycles. The van der Waals surface area contributed by atoms with E-state index in [1.165, 1.54) is 31.4 Å². The highest BCUT2D eigenvalue weighted by Crippen LogP contribution is 2.44. The molecule has 18 heavy (non-hydrogen) atoms. The summed E-state index contributed by atoms with van der Waals surface area (Å²) >= 11 is 3.68. The van der Waals surface area contributed by atoms with Gasteiger partial charge in [-0.3, -0.25) is 0 Å². The number of anilines is 1. The summed E-state index contributed by atoms with van der Waals surface area (Å²) in [7, 11) is 0. The van der Waals surface area contributed by atoms with Crippen LogP contribution in [-0.2, 0) is 6.42 Å². The first-order valence-electron chi connectivity index (χ1n) is 7.08. The molecule has 0 aromatic carbocycles. The minimum absolute atomic E-state index is 0.669. The van der Waals surface area contributed by atoms with Gasteiger partial charge in [0.15, 0.2) is 0 Å². The van der Waals surface area contributed by atoms with Gasteiger partial charge in [0.05, 0.1) is 10.2 Å². The molecule has 2 aliphatic carbocycles. The van der Waals surface area contributed by atoms with Crippen LogP contribution in [0.1, 0.15) is 56.5 Å². The van der Waals surface area contributed by atoms with Gasteiger partial charge < -0.3 is 5.32 Å². The molecule has 0 aliphatic heterocycles. The molecule has 0 bridgehead atoms. The van der Waals surface area contributed by atoms with Crippen LogP contribution in [0.4, 0.5) is 5.82 Å². The summed E-state index contributed by atoms with van der Waals surface area (Å²) < 4.78 is 1.10. The summed E-state index contributed by atoms with van der Waals surface area (Å²) in [6.45, 7) is 3.15. The SMILES string of the molecule is CCCNc1nc(CC2CC2)nc(C2CC2)c1Br. The second-order valence-electron chi connectivity index (χ2n) is 5.54. The van der Waals surface area contributed by atoms with E-state index in [4.69, 9.17) is 9.97 Å². The van der Waals surface area contributed by atoms with E-state index < -0.39 is 0 Å². The van der Waals surface area contributed by atoms with E-state index in [0.717, 1.165) is 41.4 Å². The number of nitrogens with zero attached hydrogens (tertiary/aromatic N) is 2. The Labute approximate surface area is 117 Å². The molecular formula is C14H20BrN3. The lowest BCUT2D eigenvalue weighted by Gasteiger charge is -2.12. The Hall–Kier alpha value is -0.640. The standard InChI is InChI=1S/C14H20BrN3/c1-2-7-16-14-12(15)13(10-5-6-10)17-11(18-14)8-9-3-4-9/h9-10H,2-8H2,1H3,(H,16,17,18). The highest BCUT2D eigenvalue weighted by Gasteiger charge is 2.30. The minimum Gasteiger partial charge on any atom is -0.369 e. The maximum atomic E-state index is 4.79. The third kappa shape index (κ3) is 2.85. The molecule has 98 valence electrons. The van der Waals surface area contributed by atoms with Crippen LogP contribution in [0.5, 0.6) is 0 Å². The summed E-state index contributed by atoms with van der Waals surface area (Å²) in [6, 6.07) is 0. The van der Waals surface area contributed by atoms with Crippen LogP contribution in [0.3, 0.4) is 0 Å². The van der Waals surface area contributed by atoms with E-state index in [9.17, 15) is 0 Å². The molecule has 3 rings (SSSR count). The number of hydrogen-bond donors (Lipinski definition) is 1. The molecule has 0 unspecified atom stereocenters. The van der Waals surface area contributed by atoms with Crippen molar-refractivity contribution in [2.45, 2.75) is 51.4 Å². The van der Waals surface area contributed by atoms with E-state index in [-0.39, 0.29) is 0 Å². The molecule has 1 aromatic rings. The second kappa shape index (κ2) is 5.16. The lowest BCUT2D eigenvalue weighted by atomic mass is 10.2. The lowest BCUT2D eigenvalue weighted by Crippen LogP contribution is -2.09. The van der Waals surface area contributed by atoms with Crippen molar-refractivity contribution in [2.24, 2.45) is 5.92 Å². The minimum atomic E-state index is 0.669. The average Bonchev–Trinajstić information content (AvgIpc) is 3.22. The average molecular weight is 310 g/mol. The van der Waals surface area contributed by atoms with Gasteiger partial charge >= 0.3 is 0 Å². The van der Waals surface area contributed by atoms with E-state index in [1.54, 1.807) is 0 Å². The van der Waals surface area contributed by atoms with Gasteiger partial charge in [0.2, 0.25) is 0 Å². The Morgan fingerprint density at radius 1 is 1.22 bits per heavy atom. The third-order valence-electron chi connectivity index (χ3n) is 3.60. The number of nitrogens with one attached hydrogen (secondary N) is 1. The van der Waals surface area contributed by atoms with Crippen molar-refractivity contribution < 1.29 is 0 Å². The molecule has 4 heteroatoms. The zero-order chi connectivity index (χ0) is 12.5. The summed E-state index contributed by atoms with van der Waals surface area (Å²) in [6.07, 6.45) is 7.46. The summed E-state index contributed by atoms with van der Waals surface area (Å²) in [5.74, 6) is 3.56. The first kappa shape index (κ1) is 12.4. The van der Waals surface area contributed by atoms with Gasteiger partial charge in [-0.15, -0.1) is 0 Å². The van der Waals surface area contributed by atoms with Crippen LogP contribution in [-0.4, -0.2) is 16.5 Å². The van der Waals surface area contributed by atoms with Gasteiger partial charge in [0.1, 0.15) is 11.6 Å². The van der Waals surface area contributed by atoms with Crippen LogP contribution in [0.2, 0.25) is 0 Å². The maximum Gasteiger partial charge on any atom is 0.144 e. The molecule has 2 fully saturated rings. The molecular weight excluding hydrogens is 290 g/mol. The number of aromatic nitrogens is 2. The highest BCUT2D eigenvalue weighted by atomic mass is 79.9. The molecule has 0 spiro atoms. The molecule has 1 N–H and O–H groups in total. The fourth-order valence-electron chi connectivity index (χ4n) is 2.17. The van der Waals surface area contributed by atoms with Gasteiger partial charge in [-0.1, -0.05) is 6.92 Å². The summed E-state index contributed by atoms with van der Waals surface area (Å²) in [5.41, 5.74) is 1.24. The highest BCUT2D eigenvalue weighted by molar-refractivity contribution is 9.10. The van der Waals surface area contributed by atoms with Crippen LogP contribution < -0.4 is 5.32 Å². The molecule has 0 saturated heterocycles. The molecule has 2 aliphatic rings. The van der Waals surface area contributed by atoms with Gasteiger partial charge in [-0.25, -0.2) is 9.97 Å². The number of rotatable bonds is 6. The fourth-order valence-corrected chi connectivity index (χ4v) is 2.81. The van der Waals surface area contributed by atoms with Crippen LogP contribution in [0, 0.1) is 5.92 Å². The smallest absolute Gasteiger partial charge is 0.144 e. The van der Waals surface area contributed by atoms with Gasteiger partial charge in [-0.05, 0) is 54.0 Å². The van der Waals surface area contributed by atoms with Crippen LogP contribution in [0.15, 0.2) is 4.47 Å². The monoisotopic (exact) mass is 309 g/mol. The summed E-state index contributed by atoms with van der Waals surface area (Å²) in [5, 5.41) is 3.42. The fraction of sp³-hybridized carbons (Fsp3) is 0.714. The first-order valence-corrected chi connectivity index (χ1v) is 7.87. The third-order valence-corrected chi connectivity index (χ3v) is 4.38. The topological polar surface area (TPSA) is 37.8 Å². The Kier molecular flexibility index (Phi) is 3.55. The zero-order valence-electron chi connectivity index (χ0n) is 10.9. The Morgan fingerprint density at radius 2 is 2.00 bits per heavy atom. The quantitative estimate of drug-likeness (QED) is 0.866. The molecule has 2 saturated carbocycles. The van der Waals surface area contributed by atoms with Crippen LogP contribution >= 0.6 is 15.9 Å². The zero-order valence-corrected chi connectivity index (χ0v) is 12.5. The number of halogens is 1. The van der Waals surface area contributed by atoms with Crippen molar-refractivity contribution >= 4 is 21.7 Å². The van der Waals surface area contributed by atoms with E-state index in [1.807, 2.05) is 0 Å². The first-order chi connectivity index (χ1) is 8.78. The van der Waals surface area contributed by atoms with Crippen molar-refractivity contribution in [3.63, 3.8) is 0 Å². The molecule has 0 radical (unpaired) electrons. The molecule has 1 aromatic heterocycles. The predicted octanol–water partition coefficient (Wildman–Crippen LogP) is 3.89. The van der Waals surface area contributed by atoms with E-state index >= 15 is 0 Å². The van der Waals surface area contributed by atoms with Gasteiger partial charge in [0, 0.05) is 18.9 Å². The second-order valence-corrected chi connectivity index (χ2v) is 6.33. The van der Waals surface area contributed by atoms with Crippen molar-refractivity contribution in [3.8, 4) is 0 Å². The summed E-state index contributed by atoms with van der Waals surface area (Å²) in [4.78, 5) is 9.48. The van der Waals surface area contributed by atoms with E-state index in [0.29, 0.717) is 5.92 Å². The van der Waals surface area contributed by atoms with Gasteiger partial charge in [0.25, 0.3) is 0 Å². The Morgan fingerprint density at radius 3 is 2.61 bits per heavy atom. The largest absolute Gasteiger partial charge is 0.369 e. The van der Waals surface area contributed by atoms with Gasteiger partial charge in [-0.2, -0.15) is 0 Å². The van der Waals surface area contributed by atoms with Crippen molar-refractivity contribution in [1.29, 1.82) is 0 Å². The molecule has 3 nitrogen and oxygen atoms in total. The van der Waals surface area contributed by atoms with E-state index in [2.05, 4.69) is 28.2 Å². The van der Waals surface area contributed by atoms with Crippen LogP contribution in [0.25, 0.3) is 0 Å². The van der Waals surface area contributed by atoms with Crippen molar-refractivity contribution in [3.05, 3.63) is 16.0 Å². The van der Waals surface area contributed by atoms with Crippen molar-refractivity contribution in [1.82, 2.24) is 9.97 Å². The lowest BCUT2D eigenvalue weighted by molar-refractivity contribution is 0.753. The Bertz CT molecular complexity index is 439. The molecule has 0 atom stereocenters. The maximum absolute atomic E-state index is 4.79. The number of hydrogen-bond acceptors (Lipinski definition) is 3. The normalized spacial score (nSPS) is 19.0. The van der Waals surface area contributed by atoms with Crippen molar-refractivity contribution in [2.75, 3.05) is 11.9 Å².